The average Bonchev–Trinajstić information content (AvgIpc) is 2.43. The lowest BCUT2D eigenvalue weighted by atomic mass is 9.99. The van der Waals surface area contributed by atoms with Crippen molar-refractivity contribution in [2.24, 2.45) is 0 Å². The van der Waals surface area contributed by atoms with Crippen LogP contribution in [0.1, 0.15) is 34.6 Å². The van der Waals surface area contributed by atoms with Gasteiger partial charge in [0.15, 0.2) is 0 Å². The molecule has 0 aliphatic heterocycles. The van der Waals surface area contributed by atoms with Gasteiger partial charge in [-0.3, -0.25) is 0 Å². The summed E-state index contributed by atoms with van der Waals surface area (Å²) in [7, 11) is 0. The van der Waals surface area contributed by atoms with E-state index in [4.69, 9.17) is 16.3 Å². The number of hydrogen-bond acceptors (Lipinski definition) is 1. The summed E-state index contributed by atoms with van der Waals surface area (Å²) >= 11 is 6.50. The van der Waals surface area contributed by atoms with Crippen molar-refractivity contribution in [3.63, 3.8) is 0 Å². The lowest BCUT2D eigenvalue weighted by Crippen LogP contribution is -2.03. The van der Waals surface area contributed by atoms with Crippen LogP contribution in [0.2, 0.25) is 0 Å². The zero-order valence-corrected chi connectivity index (χ0v) is 12.7. The lowest BCUT2D eigenvalue weighted by molar-refractivity contribution is 0.336. The summed E-state index contributed by atoms with van der Waals surface area (Å²) in [4.78, 5) is 0. The van der Waals surface area contributed by atoms with E-state index in [2.05, 4.69) is 0 Å². The van der Waals surface area contributed by atoms with E-state index in [0.29, 0.717) is 23.5 Å². The van der Waals surface area contributed by atoms with Crippen LogP contribution in [0, 0.1) is 19.7 Å². The molecule has 0 amide bonds. The van der Waals surface area contributed by atoms with Gasteiger partial charge >= 0.3 is 0 Å². The predicted molar refractivity (Wildman–Crippen MR) is 81.2 cm³/mol. The molecular formula is C17H18ClFO. The smallest absolute Gasteiger partial charge is 0.131 e. The van der Waals surface area contributed by atoms with Gasteiger partial charge in [0.05, 0.1) is 12.0 Å². The van der Waals surface area contributed by atoms with E-state index in [9.17, 15) is 4.39 Å². The monoisotopic (exact) mass is 292 g/mol. The Labute approximate surface area is 124 Å². The van der Waals surface area contributed by atoms with Crippen LogP contribution in [0.5, 0.6) is 5.75 Å². The maximum absolute atomic E-state index is 14.2. The second-order valence-electron chi connectivity index (χ2n) is 4.81. The Hall–Kier alpha value is -1.54. The van der Waals surface area contributed by atoms with Gasteiger partial charge in [0, 0.05) is 11.1 Å². The molecule has 20 heavy (non-hydrogen) atoms. The van der Waals surface area contributed by atoms with Gasteiger partial charge in [-0.1, -0.05) is 35.9 Å². The SMILES string of the molecule is CCOc1ccc(C)cc1C(Cl)c1cccc(C)c1F. The van der Waals surface area contributed by atoms with Gasteiger partial charge in [-0.25, -0.2) is 4.39 Å². The first-order valence-electron chi connectivity index (χ1n) is 6.67. The van der Waals surface area contributed by atoms with Crippen LogP contribution >= 0.6 is 11.6 Å². The van der Waals surface area contributed by atoms with E-state index >= 15 is 0 Å². The molecule has 0 aliphatic rings. The number of aryl methyl sites for hydroxylation is 2. The average molecular weight is 293 g/mol. The highest BCUT2D eigenvalue weighted by Crippen LogP contribution is 2.37. The van der Waals surface area contributed by atoms with Crippen LogP contribution in [-0.2, 0) is 0 Å². The van der Waals surface area contributed by atoms with Gasteiger partial charge in [0.1, 0.15) is 11.6 Å². The molecule has 0 spiro atoms. The Morgan fingerprint density at radius 1 is 1.15 bits per heavy atom. The number of halogens is 2. The van der Waals surface area contributed by atoms with Gasteiger partial charge in [-0.05, 0) is 32.4 Å². The van der Waals surface area contributed by atoms with E-state index in [1.165, 1.54) is 0 Å². The van der Waals surface area contributed by atoms with Crippen molar-refractivity contribution in [1.29, 1.82) is 0 Å². The summed E-state index contributed by atoms with van der Waals surface area (Å²) in [6.07, 6.45) is 0. The standard InChI is InChI=1S/C17H18ClFO/c1-4-20-15-9-8-11(2)10-14(15)16(18)13-7-5-6-12(3)17(13)19/h5-10,16H,4H2,1-3H3. The summed E-state index contributed by atoms with van der Waals surface area (Å²) < 4.78 is 19.8. The molecule has 1 nitrogen and oxygen atoms in total. The Morgan fingerprint density at radius 3 is 2.60 bits per heavy atom. The number of hydrogen-bond donors (Lipinski definition) is 0. The third-order valence-corrected chi connectivity index (χ3v) is 3.70. The highest BCUT2D eigenvalue weighted by molar-refractivity contribution is 6.22. The van der Waals surface area contributed by atoms with Gasteiger partial charge in [-0.15, -0.1) is 11.6 Å². The molecule has 3 heteroatoms. The molecule has 1 unspecified atom stereocenters. The summed E-state index contributed by atoms with van der Waals surface area (Å²) in [5, 5.41) is -0.559. The molecule has 0 saturated heterocycles. The van der Waals surface area contributed by atoms with Crippen LogP contribution in [0.15, 0.2) is 36.4 Å². The molecule has 0 bridgehead atoms. The highest BCUT2D eigenvalue weighted by atomic mass is 35.5. The normalized spacial score (nSPS) is 12.2. The number of rotatable bonds is 4. The maximum atomic E-state index is 14.2. The summed E-state index contributed by atoms with van der Waals surface area (Å²) in [5.41, 5.74) is 2.96. The Bertz CT molecular complexity index is 610. The first-order valence-corrected chi connectivity index (χ1v) is 7.10. The molecule has 2 aromatic carbocycles. The first-order chi connectivity index (χ1) is 9.54. The van der Waals surface area contributed by atoms with Crippen molar-refractivity contribution in [2.75, 3.05) is 6.61 Å². The highest BCUT2D eigenvalue weighted by Gasteiger charge is 2.20. The van der Waals surface area contributed by atoms with E-state index in [1.807, 2.05) is 38.1 Å². The Morgan fingerprint density at radius 2 is 1.90 bits per heavy atom. The molecule has 0 saturated carbocycles. The van der Waals surface area contributed by atoms with Crippen LogP contribution in [0.3, 0.4) is 0 Å². The molecule has 0 fully saturated rings. The Kier molecular flexibility index (Phi) is 4.66. The molecule has 106 valence electrons. The summed E-state index contributed by atoms with van der Waals surface area (Å²) in [6, 6.07) is 11.1. The largest absolute Gasteiger partial charge is 0.494 e. The van der Waals surface area contributed by atoms with Gasteiger partial charge < -0.3 is 4.74 Å². The minimum Gasteiger partial charge on any atom is -0.494 e. The van der Waals surface area contributed by atoms with E-state index in [-0.39, 0.29) is 5.82 Å². The summed E-state index contributed by atoms with van der Waals surface area (Å²) in [5.74, 6) is 0.454. The summed E-state index contributed by atoms with van der Waals surface area (Å²) in [6.45, 7) is 6.19. The van der Waals surface area contributed by atoms with Crippen LogP contribution in [0.25, 0.3) is 0 Å². The molecule has 0 radical (unpaired) electrons. The molecule has 0 N–H and O–H groups in total. The van der Waals surface area contributed by atoms with Crippen LogP contribution < -0.4 is 4.74 Å². The minimum absolute atomic E-state index is 0.253. The fourth-order valence-electron chi connectivity index (χ4n) is 2.19. The van der Waals surface area contributed by atoms with E-state index in [0.717, 1.165) is 11.1 Å². The van der Waals surface area contributed by atoms with Gasteiger partial charge in [0.2, 0.25) is 0 Å². The fourth-order valence-corrected chi connectivity index (χ4v) is 2.53. The van der Waals surface area contributed by atoms with E-state index in [1.54, 1.807) is 19.1 Å². The third-order valence-electron chi connectivity index (χ3n) is 3.23. The number of ether oxygens (including phenoxy) is 1. The second kappa shape index (κ2) is 6.27. The minimum atomic E-state index is -0.559. The van der Waals surface area contributed by atoms with Crippen LogP contribution in [-0.4, -0.2) is 6.61 Å². The fraction of sp³-hybridized carbons (Fsp3) is 0.294. The van der Waals surface area contributed by atoms with Crippen LogP contribution in [0.4, 0.5) is 4.39 Å². The topological polar surface area (TPSA) is 9.23 Å². The maximum Gasteiger partial charge on any atom is 0.131 e. The zero-order valence-electron chi connectivity index (χ0n) is 11.9. The predicted octanol–water partition coefficient (Wildman–Crippen LogP) is 5.17. The first kappa shape index (κ1) is 14.9. The Balaban J connectivity index is 2.49. The van der Waals surface area contributed by atoms with Crippen molar-refractivity contribution in [3.05, 3.63) is 64.5 Å². The van der Waals surface area contributed by atoms with Gasteiger partial charge in [-0.2, -0.15) is 0 Å². The van der Waals surface area contributed by atoms with Crippen molar-refractivity contribution in [2.45, 2.75) is 26.1 Å². The molecule has 0 aromatic heterocycles. The second-order valence-corrected chi connectivity index (χ2v) is 5.25. The molecular weight excluding hydrogens is 275 g/mol. The van der Waals surface area contributed by atoms with Crippen molar-refractivity contribution < 1.29 is 9.13 Å². The van der Waals surface area contributed by atoms with E-state index < -0.39 is 5.38 Å². The molecule has 0 aliphatic carbocycles. The van der Waals surface area contributed by atoms with Crippen molar-refractivity contribution in [1.82, 2.24) is 0 Å². The molecule has 1 atom stereocenters. The number of alkyl halides is 1. The zero-order chi connectivity index (χ0) is 14.7. The number of benzene rings is 2. The van der Waals surface area contributed by atoms with Gasteiger partial charge in [0.25, 0.3) is 0 Å². The van der Waals surface area contributed by atoms with Crippen molar-refractivity contribution in [3.8, 4) is 5.75 Å². The molecule has 2 aromatic rings. The quantitative estimate of drug-likeness (QED) is 0.706. The molecule has 0 heterocycles. The molecule has 2 rings (SSSR count). The van der Waals surface area contributed by atoms with Crippen molar-refractivity contribution >= 4 is 11.6 Å². The lowest BCUT2D eigenvalue weighted by Gasteiger charge is -2.17. The third kappa shape index (κ3) is 2.96.